The number of benzene rings is 2. The predicted octanol–water partition coefficient (Wildman–Crippen LogP) is 2.70. The third-order valence-corrected chi connectivity index (χ3v) is 3.07. The van der Waals surface area contributed by atoms with Crippen LogP contribution >= 0.6 is 0 Å². The molecule has 5 heteroatoms. The Morgan fingerprint density at radius 2 is 1.90 bits per heavy atom. The molecule has 0 fully saturated rings. The first-order chi connectivity index (χ1) is 10.3. The van der Waals surface area contributed by atoms with Crippen LogP contribution in [0, 0.1) is 0 Å². The van der Waals surface area contributed by atoms with Gasteiger partial charge in [0.2, 0.25) is 0 Å². The molecule has 106 valence electrons. The number of nitrogens with one attached hydrogen (secondary N) is 1. The van der Waals surface area contributed by atoms with Crippen molar-refractivity contribution in [3.05, 3.63) is 54.9 Å². The lowest BCUT2D eigenvalue weighted by Gasteiger charge is -2.09. The van der Waals surface area contributed by atoms with Gasteiger partial charge in [0.05, 0.1) is 12.1 Å². The minimum absolute atomic E-state index is 0.560. The number of hydrogen-bond donors (Lipinski definition) is 2. The van der Waals surface area contributed by atoms with Gasteiger partial charge in [0.1, 0.15) is 24.5 Å². The van der Waals surface area contributed by atoms with E-state index in [0.29, 0.717) is 18.8 Å². The normalized spacial score (nSPS) is 10.5. The Kier molecular flexibility index (Phi) is 3.82. The zero-order chi connectivity index (χ0) is 14.5. The summed E-state index contributed by atoms with van der Waals surface area (Å²) >= 11 is 0. The Labute approximate surface area is 122 Å². The Bertz CT molecular complexity index is 731. The molecule has 0 amide bonds. The first-order valence-electron chi connectivity index (χ1n) is 6.75. The molecule has 0 unspecified atom stereocenters. The lowest BCUT2D eigenvalue weighted by molar-refractivity contribution is 0.333. The summed E-state index contributed by atoms with van der Waals surface area (Å²) in [7, 11) is 0. The summed E-state index contributed by atoms with van der Waals surface area (Å²) in [5, 5.41) is 4.21. The number of nitrogens with zero attached hydrogens (tertiary/aromatic N) is 2. The molecule has 0 saturated heterocycles. The predicted molar refractivity (Wildman–Crippen MR) is 84.4 cm³/mol. The van der Waals surface area contributed by atoms with Gasteiger partial charge in [-0.3, -0.25) is 0 Å². The van der Waals surface area contributed by atoms with Crippen LogP contribution in [0.25, 0.3) is 10.9 Å². The number of rotatable bonds is 5. The van der Waals surface area contributed by atoms with E-state index in [9.17, 15) is 0 Å². The van der Waals surface area contributed by atoms with Gasteiger partial charge in [0, 0.05) is 11.1 Å². The van der Waals surface area contributed by atoms with Gasteiger partial charge < -0.3 is 15.8 Å². The van der Waals surface area contributed by atoms with Gasteiger partial charge in [-0.05, 0) is 30.3 Å². The summed E-state index contributed by atoms with van der Waals surface area (Å²) < 4.78 is 5.63. The number of anilines is 2. The van der Waals surface area contributed by atoms with Crippen molar-refractivity contribution in [1.29, 1.82) is 0 Å². The van der Waals surface area contributed by atoms with Crippen molar-refractivity contribution in [1.82, 2.24) is 9.97 Å². The standard InChI is InChI=1S/C16H16N4O/c17-12-6-7-14-15(10-12)19-11-20-16(14)18-8-9-21-13-4-2-1-3-5-13/h1-7,10-11H,8-9,17H2,(H,18,19,20). The first kappa shape index (κ1) is 13.2. The summed E-state index contributed by atoms with van der Waals surface area (Å²) in [6.07, 6.45) is 1.53. The molecule has 5 nitrogen and oxygen atoms in total. The van der Waals surface area contributed by atoms with E-state index in [1.807, 2.05) is 48.5 Å². The van der Waals surface area contributed by atoms with Crippen LogP contribution in [0.1, 0.15) is 0 Å². The van der Waals surface area contributed by atoms with Crippen LogP contribution in [0.4, 0.5) is 11.5 Å². The molecule has 0 atom stereocenters. The van der Waals surface area contributed by atoms with Crippen molar-refractivity contribution in [2.75, 3.05) is 24.2 Å². The van der Waals surface area contributed by atoms with E-state index in [4.69, 9.17) is 10.5 Å². The molecule has 0 saturated carbocycles. The van der Waals surface area contributed by atoms with Gasteiger partial charge in [-0.25, -0.2) is 9.97 Å². The molecule has 3 aromatic rings. The van der Waals surface area contributed by atoms with Crippen LogP contribution in [0.15, 0.2) is 54.9 Å². The highest BCUT2D eigenvalue weighted by molar-refractivity contribution is 5.90. The van der Waals surface area contributed by atoms with E-state index in [1.165, 1.54) is 6.33 Å². The second-order valence-corrected chi connectivity index (χ2v) is 4.59. The number of hydrogen-bond acceptors (Lipinski definition) is 5. The third kappa shape index (κ3) is 3.20. The number of ether oxygens (including phenoxy) is 1. The molecule has 3 N–H and O–H groups in total. The van der Waals surface area contributed by atoms with E-state index >= 15 is 0 Å². The molecule has 0 spiro atoms. The van der Waals surface area contributed by atoms with Gasteiger partial charge in [-0.1, -0.05) is 18.2 Å². The highest BCUT2D eigenvalue weighted by Gasteiger charge is 2.03. The fourth-order valence-corrected chi connectivity index (χ4v) is 2.07. The van der Waals surface area contributed by atoms with E-state index in [-0.39, 0.29) is 0 Å². The molecule has 1 heterocycles. The second-order valence-electron chi connectivity index (χ2n) is 4.59. The fourth-order valence-electron chi connectivity index (χ4n) is 2.07. The van der Waals surface area contributed by atoms with E-state index < -0.39 is 0 Å². The molecule has 21 heavy (non-hydrogen) atoms. The van der Waals surface area contributed by atoms with Crippen molar-refractivity contribution in [2.24, 2.45) is 0 Å². The van der Waals surface area contributed by atoms with Gasteiger partial charge in [-0.2, -0.15) is 0 Å². The SMILES string of the molecule is Nc1ccc2c(NCCOc3ccccc3)ncnc2c1. The third-order valence-electron chi connectivity index (χ3n) is 3.07. The van der Waals surface area contributed by atoms with Crippen LogP contribution in [0.2, 0.25) is 0 Å². The molecule has 0 aliphatic heterocycles. The number of para-hydroxylation sites is 1. The second kappa shape index (κ2) is 6.09. The van der Waals surface area contributed by atoms with Crippen molar-refractivity contribution >= 4 is 22.4 Å². The van der Waals surface area contributed by atoms with Gasteiger partial charge >= 0.3 is 0 Å². The van der Waals surface area contributed by atoms with Gasteiger partial charge in [0.15, 0.2) is 0 Å². The molecule has 0 aliphatic rings. The zero-order valence-corrected chi connectivity index (χ0v) is 11.5. The topological polar surface area (TPSA) is 73.1 Å². The van der Waals surface area contributed by atoms with Gasteiger partial charge in [-0.15, -0.1) is 0 Å². The molecule has 0 aliphatic carbocycles. The largest absolute Gasteiger partial charge is 0.492 e. The first-order valence-corrected chi connectivity index (χ1v) is 6.75. The number of aromatic nitrogens is 2. The fraction of sp³-hybridized carbons (Fsp3) is 0.125. The minimum atomic E-state index is 0.560. The van der Waals surface area contributed by atoms with Crippen molar-refractivity contribution in [3.63, 3.8) is 0 Å². The number of nitrogens with two attached hydrogens (primary N) is 1. The smallest absolute Gasteiger partial charge is 0.137 e. The van der Waals surface area contributed by atoms with Crippen LogP contribution in [0.3, 0.4) is 0 Å². The van der Waals surface area contributed by atoms with Crippen molar-refractivity contribution in [3.8, 4) is 5.75 Å². The summed E-state index contributed by atoms with van der Waals surface area (Å²) in [5.74, 6) is 1.65. The highest BCUT2D eigenvalue weighted by atomic mass is 16.5. The summed E-state index contributed by atoms with van der Waals surface area (Å²) in [6.45, 7) is 1.22. The average molecular weight is 280 g/mol. The quantitative estimate of drug-likeness (QED) is 0.555. The molecule has 3 rings (SSSR count). The van der Waals surface area contributed by atoms with Crippen LogP contribution in [0.5, 0.6) is 5.75 Å². The Morgan fingerprint density at radius 1 is 1.05 bits per heavy atom. The maximum Gasteiger partial charge on any atom is 0.137 e. The summed E-state index contributed by atoms with van der Waals surface area (Å²) in [6, 6.07) is 15.3. The average Bonchev–Trinajstić information content (AvgIpc) is 2.52. The van der Waals surface area contributed by atoms with Crippen molar-refractivity contribution in [2.45, 2.75) is 0 Å². The Morgan fingerprint density at radius 3 is 2.76 bits per heavy atom. The zero-order valence-electron chi connectivity index (χ0n) is 11.5. The van der Waals surface area contributed by atoms with Crippen molar-refractivity contribution < 1.29 is 4.74 Å². The maximum absolute atomic E-state index is 5.76. The molecular formula is C16H16N4O. The van der Waals surface area contributed by atoms with Crippen LogP contribution in [-0.4, -0.2) is 23.1 Å². The Hall–Kier alpha value is -2.82. The van der Waals surface area contributed by atoms with E-state index in [0.717, 1.165) is 22.5 Å². The monoisotopic (exact) mass is 280 g/mol. The maximum atomic E-state index is 5.76. The van der Waals surface area contributed by atoms with Crippen LogP contribution in [-0.2, 0) is 0 Å². The van der Waals surface area contributed by atoms with E-state index in [2.05, 4.69) is 15.3 Å². The number of fused-ring (bicyclic) bond motifs is 1. The molecule has 2 aromatic carbocycles. The molecule has 1 aromatic heterocycles. The van der Waals surface area contributed by atoms with Crippen LogP contribution < -0.4 is 15.8 Å². The summed E-state index contributed by atoms with van der Waals surface area (Å²) in [5.41, 5.74) is 7.28. The summed E-state index contributed by atoms with van der Waals surface area (Å²) in [4.78, 5) is 8.48. The molecular weight excluding hydrogens is 264 g/mol. The highest BCUT2D eigenvalue weighted by Crippen LogP contribution is 2.20. The molecule has 0 bridgehead atoms. The molecule has 0 radical (unpaired) electrons. The number of nitrogen functional groups attached to an aromatic ring is 1. The minimum Gasteiger partial charge on any atom is -0.492 e. The van der Waals surface area contributed by atoms with Gasteiger partial charge in [0.25, 0.3) is 0 Å². The Balaban J connectivity index is 1.63. The van der Waals surface area contributed by atoms with E-state index in [1.54, 1.807) is 0 Å². The lowest BCUT2D eigenvalue weighted by atomic mass is 10.2. The lowest BCUT2D eigenvalue weighted by Crippen LogP contribution is -2.12.